The zero-order chi connectivity index (χ0) is 36.0. The number of aromatic nitrogens is 2. The highest BCUT2D eigenvalue weighted by atomic mass is 16.3. The molecule has 0 aliphatic carbocycles. The Morgan fingerprint density at radius 2 is 0.873 bits per heavy atom. The van der Waals surface area contributed by atoms with Gasteiger partial charge in [0.25, 0.3) is 0 Å². The summed E-state index contributed by atoms with van der Waals surface area (Å²) in [6.45, 7) is 0. The fourth-order valence-corrected chi connectivity index (χ4v) is 8.90. The van der Waals surface area contributed by atoms with Crippen LogP contribution in [0.2, 0.25) is 0 Å². The topological polar surface area (TPSA) is 23.0 Å². The molecule has 0 N–H and O–H groups in total. The summed E-state index contributed by atoms with van der Waals surface area (Å²) in [4.78, 5) is 0. The first-order valence-electron chi connectivity index (χ1n) is 18.8. The Kier molecular flexibility index (Phi) is 6.34. The van der Waals surface area contributed by atoms with Crippen molar-refractivity contribution in [1.82, 2.24) is 9.13 Å². The van der Waals surface area contributed by atoms with Crippen molar-refractivity contribution in [2.75, 3.05) is 0 Å². The average molecular weight is 701 g/mol. The molecule has 0 saturated heterocycles. The van der Waals surface area contributed by atoms with Crippen LogP contribution in [0.3, 0.4) is 0 Å². The van der Waals surface area contributed by atoms with Gasteiger partial charge in [0.05, 0.1) is 22.1 Å². The van der Waals surface area contributed by atoms with E-state index in [0.29, 0.717) is 0 Å². The molecular weight excluding hydrogens is 669 g/mol. The predicted octanol–water partition coefficient (Wildman–Crippen LogP) is 14.3. The van der Waals surface area contributed by atoms with Crippen LogP contribution >= 0.6 is 0 Å². The minimum absolute atomic E-state index is 0.898. The Morgan fingerprint density at radius 3 is 1.71 bits per heavy atom. The van der Waals surface area contributed by atoms with Crippen molar-refractivity contribution in [3.63, 3.8) is 0 Å². The van der Waals surface area contributed by atoms with E-state index in [9.17, 15) is 0 Å². The summed E-state index contributed by atoms with van der Waals surface area (Å²) in [6, 6.07) is 70.4. The van der Waals surface area contributed by atoms with Gasteiger partial charge in [0.2, 0.25) is 0 Å². The lowest BCUT2D eigenvalue weighted by molar-refractivity contribution is 0.669. The molecule has 3 heterocycles. The first kappa shape index (κ1) is 30.1. The molecule has 12 aromatic rings. The van der Waals surface area contributed by atoms with Crippen LogP contribution in [0.4, 0.5) is 0 Å². The third-order valence-electron chi connectivity index (χ3n) is 11.5. The number of hydrogen-bond donors (Lipinski definition) is 0. The summed E-state index contributed by atoms with van der Waals surface area (Å²) in [7, 11) is 0. The predicted molar refractivity (Wildman–Crippen MR) is 231 cm³/mol. The maximum absolute atomic E-state index is 6.43. The van der Waals surface area contributed by atoms with E-state index in [1.165, 1.54) is 71.1 Å². The fourth-order valence-electron chi connectivity index (χ4n) is 8.90. The smallest absolute Gasteiger partial charge is 0.137 e. The molecule has 3 aromatic heterocycles. The first-order chi connectivity index (χ1) is 27.2. The van der Waals surface area contributed by atoms with Crippen molar-refractivity contribution >= 4 is 76.3 Å². The maximum Gasteiger partial charge on any atom is 0.137 e. The third kappa shape index (κ3) is 4.57. The molecule has 0 bridgehead atoms. The molecular formula is C52H32N2O. The molecule has 0 radical (unpaired) electrons. The minimum atomic E-state index is 0.898. The molecule has 3 nitrogen and oxygen atoms in total. The number of furan rings is 1. The molecule has 0 aliphatic rings. The van der Waals surface area contributed by atoms with E-state index >= 15 is 0 Å². The van der Waals surface area contributed by atoms with Gasteiger partial charge < -0.3 is 13.6 Å². The monoisotopic (exact) mass is 700 g/mol. The van der Waals surface area contributed by atoms with Crippen molar-refractivity contribution < 1.29 is 4.42 Å². The zero-order valence-electron chi connectivity index (χ0n) is 29.8. The van der Waals surface area contributed by atoms with E-state index in [1.54, 1.807) is 0 Å². The lowest BCUT2D eigenvalue weighted by Crippen LogP contribution is -1.94. The Labute approximate surface area is 316 Å². The highest BCUT2D eigenvalue weighted by Crippen LogP contribution is 2.41. The van der Waals surface area contributed by atoms with Crippen LogP contribution < -0.4 is 0 Å². The second-order valence-electron chi connectivity index (χ2n) is 14.6. The number of nitrogens with zero attached hydrogens (tertiary/aromatic N) is 2. The number of benzene rings is 9. The molecule has 0 aliphatic heterocycles. The SMILES string of the molecule is c1ccc(-c2cccc(-n3c4ccccc4c4cc(-c5ccc6c(c5)c5cc7c(cc5n6-c5ccc6ccccc6c5)oc5ccccc57)ccc43)c2)cc1. The summed E-state index contributed by atoms with van der Waals surface area (Å²) >= 11 is 0. The fraction of sp³-hybridized carbons (Fsp3) is 0. The van der Waals surface area contributed by atoms with Crippen LogP contribution in [0.5, 0.6) is 0 Å². The zero-order valence-corrected chi connectivity index (χ0v) is 29.8. The Bertz CT molecular complexity index is 3490. The van der Waals surface area contributed by atoms with Gasteiger partial charge in [-0.15, -0.1) is 0 Å². The third-order valence-corrected chi connectivity index (χ3v) is 11.5. The van der Waals surface area contributed by atoms with Crippen LogP contribution in [0.25, 0.3) is 110 Å². The van der Waals surface area contributed by atoms with E-state index in [2.05, 4.69) is 197 Å². The van der Waals surface area contributed by atoms with Crippen LogP contribution in [0.1, 0.15) is 0 Å². The average Bonchev–Trinajstić information content (AvgIpc) is 3.89. The van der Waals surface area contributed by atoms with E-state index in [0.717, 1.165) is 38.8 Å². The highest BCUT2D eigenvalue weighted by Gasteiger charge is 2.19. The van der Waals surface area contributed by atoms with Gasteiger partial charge in [0.1, 0.15) is 11.2 Å². The lowest BCUT2D eigenvalue weighted by atomic mass is 10.00. The molecule has 0 spiro atoms. The van der Waals surface area contributed by atoms with E-state index < -0.39 is 0 Å². The second kappa shape index (κ2) is 11.6. The van der Waals surface area contributed by atoms with Crippen molar-refractivity contribution in [1.29, 1.82) is 0 Å². The van der Waals surface area contributed by atoms with Crippen molar-refractivity contribution in [2.45, 2.75) is 0 Å². The Hall–Kier alpha value is -7.36. The molecule has 55 heavy (non-hydrogen) atoms. The van der Waals surface area contributed by atoms with Gasteiger partial charge in [-0.25, -0.2) is 0 Å². The lowest BCUT2D eigenvalue weighted by Gasteiger charge is -2.11. The number of para-hydroxylation sites is 2. The standard InChI is InChI=1S/C52H32N2O/c1-2-11-33(12-3-1)36-15-10-16-39(27-36)53-47-19-8-6-17-41(47)43-29-37(22-25-48(43)53)38-23-26-49-44(30-38)45-31-46-42-18-7-9-20-51(42)55-52(46)32-50(45)54(49)40-24-21-34-13-4-5-14-35(34)28-40/h1-32H. The molecule has 0 fully saturated rings. The molecule has 0 saturated carbocycles. The molecule has 12 rings (SSSR count). The number of hydrogen-bond acceptors (Lipinski definition) is 1. The summed E-state index contributed by atoms with van der Waals surface area (Å²) in [5, 5.41) is 9.63. The van der Waals surface area contributed by atoms with Gasteiger partial charge in [0, 0.05) is 49.8 Å². The van der Waals surface area contributed by atoms with E-state index in [1.807, 2.05) is 6.07 Å². The molecule has 0 atom stereocenters. The van der Waals surface area contributed by atoms with E-state index in [4.69, 9.17) is 4.42 Å². The first-order valence-corrected chi connectivity index (χ1v) is 18.8. The van der Waals surface area contributed by atoms with Gasteiger partial charge in [-0.1, -0.05) is 121 Å². The van der Waals surface area contributed by atoms with Gasteiger partial charge >= 0.3 is 0 Å². The number of rotatable bonds is 4. The van der Waals surface area contributed by atoms with Crippen LogP contribution in [-0.4, -0.2) is 9.13 Å². The summed E-state index contributed by atoms with van der Waals surface area (Å²) < 4.78 is 11.2. The number of fused-ring (bicyclic) bond motifs is 10. The summed E-state index contributed by atoms with van der Waals surface area (Å²) in [5.41, 5.74) is 13.6. The van der Waals surface area contributed by atoms with E-state index in [-0.39, 0.29) is 0 Å². The molecule has 9 aromatic carbocycles. The van der Waals surface area contributed by atoms with Gasteiger partial charge in [0.15, 0.2) is 0 Å². The van der Waals surface area contributed by atoms with Gasteiger partial charge in [-0.05, 0) is 99.8 Å². The summed E-state index contributed by atoms with van der Waals surface area (Å²) in [5.74, 6) is 0. The normalized spacial score (nSPS) is 12.0. The van der Waals surface area contributed by atoms with Crippen LogP contribution in [0.15, 0.2) is 199 Å². The van der Waals surface area contributed by atoms with Crippen molar-refractivity contribution in [2.24, 2.45) is 0 Å². The van der Waals surface area contributed by atoms with Gasteiger partial charge in [-0.2, -0.15) is 0 Å². The van der Waals surface area contributed by atoms with Crippen molar-refractivity contribution in [3.05, 3.63) is 194 Å². The van der Waals surface area contributed by atoms with Crippen LogP contribution in [-0.2, 0) is 0 Å². The highest BCUT2D eigenvalue weighted by molar-refractivity contribution is 6.18. The second-order valence-corrected chi connectivity index (χ2v) is 14.6. The molecule has 3 heteroatoms. The molecule has 256 valence electrons. The van der Waals surface area contributed by atoms with Crippen LogP contribution in [0, 0.1) is 0 Å². The minimum Gasteiger partial charge on any atom is -0.456 e. The Morgan fingerprint density at radius 1 is 0.273 bits per heavy atom. The molecule has 0 unspecified atom stereocenters. The maximum atomic E-state index is 6.43. The molecule has 0 amide bonds. The van der Waals surface area contributed by atoms with Crippen molar-refractivity contribution in [3.8, 4) is 33.6 Å². The largest absolute Gasteiger partial charge is 0.456 e. The summed E-state index contributed by atoms with van der Waals surface area (Å²) in [6.07, 6.45) is 0. The quantitative estimate of drug-likeness (QED) is 0.179. The van der Waals surface area contributed by atoms with Gasteiger partial charge in [-0.3, -0.25) is 0 Å². The Balaban J connectivity index is 1.07.